The van der Waals surface area contributed by atoms with E-state index < -0.39 is 0 Å². The van der Waals surface area contributed by atoms with Crippen molar-refractivity contribution in [3.63, 3.8) is 0 Å². The molecule has 1 aliphatic carbocycles. The number of hydrogen-bond donors (Lipinski definition) is 2. The molecule has 3 aliphatic rings. The molecule has 2 amide bonds. The van der Waals surface area contributed by atoms with Crippen molar-refractivity contribution in [1.82, 2.24) is 15.6 Å². The number of thioether (sulfide) groups is 1. The highest BCUT2D eigenvalue weighted by Gasteiger charge is 2.25. The lowest BCUT2D eigenvalue weighted by Crippen LogP contribution is -2.34. The highest BCUT2D eigenvalue weighted by molar-refractivity contribution is 8.11. The molecule has 0 saturated carbocycles. The molecular formula is C29H37N3O3S. The summed E-state index contributed by atoms with van der Waals surface area (Å²) in [5.41, 5.74) is 2.95. The maximum atomic E-state index is 13.5. The van der Waals surface area contributed by atoms with Gasteiger partial charge in [-0.05, 0) is 66.9 Å². The molecule has 2 N–H and O–H groups in total. The molecular weight excluding hydrogens is 470 g/mol. The Morgan fingerprint density at radius 2 is 1.94 bits per heavy atom. The molecule has 6 nitrogen and oxygen atoms in total. The van der Waals surface area contributed by atoms with Gasteiger partial charge in [-0.25, -0.2) is 4.98 Å². The van der Waals surface area contributed by atoms with E-state index in [0.717, 1.165) is 54.6 Å². The minimum Gasteiger partial charge on any atom is -0.478 e. The minimum atomic E-state index is -0.142. The Bertz CT molecular complexity index is 1100. The standard InChI is InChI=1S/C29H37N3O3S/c1-4-21-9-11-25-23(10-7-19(21)2)28(33)31-14-5-6-16-35-27-17-22(13-15-30-27)26-12-8-20(3)24(18-36-26)29(34)32-25/h10-13,15,17-21H,4-9,14,16H2,1-3H3,(H,31,33)(H,32,34). The quantitative estimate of drug-likeness (QED) is 0.506. The Balaban J connectivity index is 1.66. The van der Waals surface area contributed by atoms with Crippen LogP contribution in [0.2, 0.25) is 0 Å². The van der Waals surface area contributed by atoms with E-state index in [0.29, 0.717) is 42.1 Å². The van der Waals surface area contributed by atoms with Gasteiger partial charge in [0.1, 0.15) is 0 Å². The summed E-state index contributed by atoms with van der Waals surface area (Å²) in [6.07, 6.45) is 13.1. The van der Waals surface area contributed by atoms with Gasteiger partial charge in [0.05, 0.1) is 12.2 Å². The first-order valence-electron chi connectivity index (χ1n) is 13.1. The lowest BCUT2D eigenvalue weighted by molar-refractivity contribution is -0.117. The van der Waals surface area contributed by atoms with E-state index in [1.165, 1.54) is 0 Å². The summed E-state index contributed by atoms with van der Waals surface area (Å²) in [4.78, 5) is 32.2. The molecule has 7 heteroatoms. The van der Waals surface area contributed by atoms with Crippen LogP contribution in [0.25, 0.3) is 4.91 Å². The third kappa shape index (κ3) is 6.49. The molecule has 192 valence electrons. The summed E-state index contributed by atoms with van der Waals surface area (Å²) in [7, 11) is 0. The Morgan fingerprint density at radius 1 is 1.08 bits per heavy atom. The van der Waals surface area contributed by atoms with Gasteiger partial charge in [0.2, 0.25) is 5.88 Å². The van der Waals surface area contributed by atoms with E-state index >= 15 is 0 Å². The highest BCUT2D eigenvalue weighted by Crippen LogP contribution is 2.37. The van der Waals surface area contributed by atoms with Gasteiger partial charge >= 0.3 is 0 Å². The number of ether oxygens (including phenoxy) is 1. The van der Waals surface area contributed by atoms with Crippen molar-refractivity contribution in [2.24, 2.45) is 17.8 Å². The van der Waals surface area contributed by atoms with Crippen LogP contribution >= 0.6 is 11.8 Å². The first kappa shape index (κ1) is 26.3. The fraction of sp³-hybridized carbons (Fsp3) is 0.483. The predicted octanol–water partition coefficient (Wildman–Crippen LogP) is 5.75. The Labute approximate surface area is 218 Å². The van der Waals surface area contributed by atoms with Crippen LogP contribution in [-0.2, 0) is 9.59 Å². The molecule has 0 radical (unpaired) electrons. The number of fused-ring (bicyclic) bond motifs is 6. The molecule has 1 aromatic heterocycles. The van der Waals surface area contributed by atoms with Crippen LogP contribution in [0, 0.1) is 17.8 Å². The third-order valence-corrected chi connectivity index (χ3v) is 8.35. The Kier molecular flexibility index (Phi) is 9.08. The van der Waals surface area contributed by atoms with Crippen LogP contribution in [0.1, 0.15) is 64.9 Å². The van der Waals surface area contributed by atoms with Crippen LogP contribution in [-0.4, -0.2) is 29.9 Å². The first-order valence-corrected chi connectivity index (χ1v) is 14.0. The zero-order valence-corrected chi connectivity index (χ0v) is 22.3. The van der Waals surface area contributed by atoms with Gasteiger partial charge in [-0.3, -0.25) is 9.59 Å². The fourth-order valence-electron chi connectivity index (χ4n) is 4.82. The average Bonchev–Trinajstić information content (AvgIpc) is 3.06. The number of nitrogens with one attached hydrogen (secondary N) is 2. The van der Waals surface area contributed by atoms with E-state index in [4.69, 9.17) is 4.74 Å². The summed E-state index contributed by atoms with van der Waals surface area (Å²) < 4.78 is 5.88. The molecule has 0 fully saturated rings. The van der Waals surface area contributed by atoms with E-state index in [2.05, 4.69) is 48.5 Å². The number of carbonyl (C=O) groups excluding carboxylic acids is 2. The second-order valence-corrected chi connectivity index (χ2v) is 10.8. The minimum absolute atomic E-state index is 0.0495. The first-order chi connectivity index (χ1) is 17.5. The van der Waals surface area contributed by atoms with Gasteiger partial charge in [-0.2, -0.15) is 0 Å². The Hall–Kier alpha value is -2.80. The Morgan fingerprint density at radius 3 is 2.78 bits per heavy atom. The van der Waals surface area contributed by atoms with Gasteiger partial charge in [-0.15, -0.1) is 0 Å². The molecule has 3 unspecified atom stereocenters. The maximum Gasteiger partial charge on any atom is 0.253 e. The van der Waals surface area contributed by atoms with Crippen LogP contribution in [0.4, 0.5) is 0 Å². The number of carbonyl (C=O) groups is 2. The molecule has 4 rings (SSSR count). The summed E-state index contributed by atoms with van der Waals surface area (Å²) >= 11 is 1.55. The SMILES string of the molecule is CCC1CC=C2NC(=O)C3=CSC(=CCC3C)c3ccnc(c3)OCCCCNC(=O)C2=CCC1C. The van der Waals surface area contributed by atoms with Crippen LogP contribution < -0.4 is 15.4 Å². The zero-order chi connectivity index (χ0) is 25.5. The largest absolute Gasteiger partial charge is 0.478 e. The number of aromatic nitrogens is 1. The lowest BCUT2D eigenvalue weighted by Gasteiger charge is -2.25. The number of nitrogens with zero attached hydrogens (tertiary/aromatic N) is 1. The summed E-state index contributed by atoms with van der Waals surface area (Å²) in [6.45, 7) is 7.61. The van der Waals surface area contributed by atoms with Gasteiger partial charge in [0.25, 0.3) is 11.8 Å². The summed E-state index contributed by atoms with van der Waals surface area (Å²) in [6, 6.07) is 3.93. The van der Waals surface area contributed by atoms with Gasteiger partial charge in [-0.1, -0.05) is 57.2 Å². The number of hydrogen-bond acceptors (Lipinski definition) is 5. The number of amides is 2. The maximum absolute atomic E-state index is 13.5. The molecule has 36 heavy (non-hydrogen) atoms. The average molecular weight is 508 g/mol. The smallest absolute Gasteiger partial charge is 0.253 e. The van der Waals surface area contributed by atoms with Crippen LogP contribution in [0.5, 0.6) is 5.88 Å². The summed E-state index contributed by atoms with van der Waals surface area (Å²) in [5, 5.41) is 8.13. The van der Waals surface area contributed by atoms with E-state index in [1.54, 1.807) is 18.0 Å². The summed E-state index contributed by atoms with van der Waals surface area (Å²) in [5.74, 6) is 1.36. The second kappa shape index (κ2) is 12.4. The molecule has 0 aromatic carbocycles. The number of allylic oxidation sites excluding steroid dienone is 3. The van der Waals surface area contributed by atoms with Gasteiger partial charge in [0, 0.05) is 35.0 Å². The van der Waals surface area contributed by atoms with E-state index in [1.807, 2.05) is 23.6 Å². The molecule has 3 heterocycles. The molecule has 2 aliphatic heterocycles. The normalized spacial score (nSPS) is 26.0. The van der Waals surface area contributed by atoms with Crippen LogP contribution in [0.3, 0.4) is 0 Å². The van der Waals surface area contributed by atoms with Crippen molar-refractivity contribution in [3.05, 3.63) is 64.4 Å². The van der Waals surface area contributed by atoms with E-state index in [-0.39, 0.29) is 17.7 Å². The third-order valence-electron chi connectivity index (χ3n) is 7.32. The van der Waals surface area contributed by atoms with Crippen molar-refractivity contribution in [3.8, 4) is 5.88 Å². The number of pyridine rings is 1. The van der Waals surface area contributed by atoms with Crippen LogP contribution in [0.15, 0.2) is 58.8 Å². The van der Waals surface area contributed by atoms with Crippen molar-refractivity contribution < 1.29 is 14.3 Å². The fourth-order valence-corrected chi connectivity index (χ4v) is 5.87. The zero-order valence-electron chi connectivity index (χ0n) is 21.5. The molecule has 0 spiro atoms. The topological polar surface area (TPSA) is 80.3 Å². The van der Waals surface area contributed by atoms with Crippen molar-refractivity contribution in [2.75, 3.05) is 13.2 Å². The monoisotopic (exact) mass is 507 g/mol. The molecule has 3 atom stereocenters. The molecule has 4 bridgehead atoms. The van der Waals surface area contributed by atoms with Gasteiger partial charge in [0.15, 0.2) is 0 Å². The number of rotatable bonds is 1. The lowest BCUT2D eigenvalue weighted by atomic mass is 9.83. The molecule has 0 saturated heterocycles. The molecule has 1 aromatic rings. The van der Waals surface area contributed by atoms with Crippen molar-refractivity contribution in [1.29, 1.82) is 0 Å². The predicted molar refractivity (Wildman–Crippen MR) is 146 cm³/mol. The highest BCUT2D eigenvalue weighted by atomic mass is 32.2. The van der Waals surface area contributed by atoms with Crippen molar-refractivity contribution in [2.45, 2.75) is 59.3 Å². The van der Waals surface area contributed by atoms with Gasteiger partial charge < -0.3 is 15.4 Å². The van der Waals surface area contributed by atoms with E-state index in [9.17, 15) is 9.59 Å². The van der Waals surface area contributed by atoms with Crippen molar-refractivity contribution >= 4 is 28.5 Å². The second-order valence-electron chi connectivity index (χ2n) is 9.90.